The first-order valence-electron chi connectivity index (χ1n) is 6.85. The van der Waals surface area contributed by atoms with E-state index in [9.17, 15) is 0 Å². The Kier molecular flexibility index (Phi) is 3.63. The van der Waals surface area contributed by atoms with E-state index < -0.39 is 0 Å². The molecule has 1 saturated heterocycles. The summed E-state index contributed by atoms with van der Waals surface area (Å²) in [6.07, 6.45) is 4.59. The minimum absolute atomic E-state index is 0.663. The van der Waals surface area contributed by atoms with Crippen LogP contribution in [0.3, 0.4) is 0 Å². The quantitative estimate of drug-likeness (QED) is 0.893. The van der Waals surface area contributed by atoms with Crippen LogP contribution >= 0.6 is 11.6 Å². The van der Waals surface area contributed by atoms with Crippen LogP contribution in [-0.2, 0) is 0 Å². The maximum atomic E-state index is 5.88. The monoisotopic (exact) mass is 274 g/mol. The zero-order valence-electron chi connectivity index (χ0n) is 11.0. The summed E-state index contributed by atoms with van der Waals surface area (Å²) in [5.74, 6) is 0.663. The molecule has 1 aliphatic heterocycles. The Balaban J connectivity index is 1.73. The number of nitrogens with one attached hydrogen (secondary N) is 1. The summed E-state index contributed by atoms with van der Waals surface area (Å²) in [5, 5.41) is 2.12. The third-order valence-corrected chi connectivity index (χ3v) is 4.16. The molecular weight excluding hydrogens is 256 g/mol. The predicted molar refractivity (Wildman–Crippen MR) is 81.7 cm³/mol. The van der Waals surface area contributed by atoms with Gasteiger partial charge in [0.2, 0.25) is 0 Å². The number of H-pyrrole nitrogens is 1. The number of para-hydroxylation sites is 1. The number of rotatable bonds is 3. The van der Waals surface area contributed by atoms with E-state index in [4.69, 9.17) is 11.6 Å². The molecule has 1 aromatic heterocycles. The van der Waals surface area contributed by atoms with Crippen LogP contribution in [0, 0.1) is 0 Å². The lowest BCUT2D eigenvalue weighted by Gasteiger charge is -2.31. The molecule has 2 aromatic rings. The van der Waals surface area contributed by atoms with E-state index in [2.05, 4.69) is 46.9 Å². The number of hydrogen-bond acceptors (Lipinski definition) is 1. The van der Waals surface area contributed by atoms with Crippen LogP contribution in [0.4, 0.5) is 0 Å². The SMILES string of the molecule is C=C(Cl)CN1CCC(c2c[nH]c3ccccc23)CC1. The molecule has 3 heteroatoms. The largest absolute Gasteiger partial charge is 0.361 e. The topological polar surface area (TPSA) is 19.0 Å². The molecule has 1 aromatic carbocycles. The molecule has 19 heavy (non-hydrogen) atoms. The summed E-state index contributed by atoms with van der Waals surface area (Å²) in [6.45, 7) is 6.81. The molecule has 1 aliphatic rings. The zero-order valence-corrected chi connectivity index (χ0v) is 11.8. The van der Waals surface area contributed by atoms with Gasteiger partial charge in [0.05, 0.1) is 0 Å². The first-order chi connectivity index (χ1) is 9.24. The molecule has 0 atom stereocenters. The van der Waals surface area contributed by atoms with E-state index >= 15 is 0 Å². The van der Waals surface area contributed by atoms with E-state index in [0.29, 0.717) is 5.92 Å². The molecule has 1 fully saturated rings. The minimum Gasteiger partial charge on any atom is -0.361 e. The predicted octanol–water partition coefficient (Wildman–Crippen LogP) is 4.10. The van der Waals surface area contributed by atoms with Crippen molar-refractivity contribution in [3.8, 4) is 0 Å². The van der Waals surface area contributed by atoms with Crippen LogP contribution in [0.25, 0.3) is 10.9 Å². The third-order valence-electron chi connectivity index (χ3n) is 4.04. The van der Waals surface area contributed by atoms with Crippen LogP contribution in [0.1, 0.15) is 24.3 Å². The molecule has 2 heterocycles. The lowest BCUT2D eigenvalue weighted by atomic mass is 9.89. The summed E-state index contributed by atoms with van der Waals surface area (Å²) < 4.78 is 0. The van der Waals surface area contributed by atoms with Crippen LogP contribution in [0.15, 0.2) is 42.1 Å². The Morgan fingerprint density at radius 3 is 2.79 bits per heavy atom. The molecule has 0 spiro atoms. The average Bonchev–Trinajstić information content (AvgIpc) is 2.83. The van der Waals surface area contributed by atoms with Gasteiger partial charge in [-0.1, -0.05) is 36.4 Å². The van der Waals surface area contributed by atoms with Gasteiger partial charge in [0.1, 0.15) is 0 Å². The second-order valence-corrected chi connectivity index (χ2v) is 5.89. The first kappa shape index (κ1) is 12.8. The maximum Gasteiger partial charge on any atom is 0.0456 e. The second kappa shape index (κ2) is 5.40. The Morgan fingerprint density at radius 2 is 2.05 bits per heavy atom. The highest BCUT2D eigenvalue weighted by Gasteiger charge is 2.22. The van der Waals surface area contributed by atoms with Crippen LogP contribution in [0.2, 0.25) is 0 Å². The van der Waals surface area contributed by atoms with Gasteiger partial charge in [0.25, 0.3) is 0 Å². The van der Waals surface area contributed by atoms with E-state index in [1.54, 1.807) is 0 Å². The number of nitrogens with zero attached hydrogens (tertiary/aromatic N) is 1. The summed E-state index contributed by atoms with van der Waals surface area (Å²) in [7, 11) is 0. The van der Waals surface area contributed by atoms with E-state index in [1.165, 1.54) is 29.3 Å². The van der Waals surface area contributed by atoms with E-state index in [1.807, 2.05) is 0 Å². The smallest absolute Gasteiger partial charge is 0.0456 e. The van der Waals surface area contributed by atoms with Crippen molar-refractivity contribution in [2.75, 3.05) is 19.6 Å². The Hall–Kier alpha value is -1.25. The van der Waals surface area contributed by atoms with Crippen molar-refractivity contribution in [2.24, 2.45) is 0 Å². The van der Waals surface area contributed by atoms with Crippen LogP contribution in [0.5, 0.6) is 0 Å². The van der Waals surface area contributed by atoms with Gasteiger partial charge in [-0.3, -0.25) is 4.90 Å². The van der Waals surface area contributed by atoms with Gasteiger partial charge in [0.15, 0.2) is 0 Å². The van der Waals surface area contributed by atoms with Crippen molar-refractivity contribution >= 4 is 22.5 Å². The molecule has 0 bridgehead atoms. The Labute approximate surface area is 119 Å². The summed E-state index contributed by atoms with van der Waals surface area (Å²) >= 11 is 5.88. The summed E-state index contributed by atoms with van der Waals surface area (Å²) in [5.41, 5.74) is 2.72. The molecule has 0 amide bonds. The van der Waals surface area contributed by atoms with Gasteiger partial charge in [-0.15, -0.1) is 0 Å². The van der Waals surface area contributed by atoms with Crippen molar-refractivity contribution in [2.45, 2.75) is 18.8 Å². The number of likely N-dealkylation sites (tertiary alicyclic amines) is 1. The number of hydrogen-bond donors (Lipinski definition) is 1. The zero-order chi connectivity index (χ0) is 13.2. The minimum atomic E-state index is 0.663. The number of fused-ring (bicyclic) bond motifs is 1. The molecule has 100 valence electrons. The molecular formula is C16H19ClN2. The third kappa shape index (κ3) is 2.70. The number of piperidine rings is 1. The molecule has 3 rings (SSSR count). The number of benzene rings is 1. The van der Waals surface area contributed by atoms with Gasteiger partial charge in [0, 0.05) is 28.7 Å². The average molecular weight is 275 g/mol. The normalized spacial score (nSPS) is 17.9. The highest BCUT2D eigenvalue weighted by molar-refractivity contribution is 6.29. The Morgan fingerprint density at radius 1 is 1.32 bits per heavy atom. The molecule has 0 radical (unpaired) electrons. The van der Waals surface area contributed by atoms with E-state index in [-0.39, 0.29) is 0 Å². The van der Waals surface area contributed by atoms with Gasteiger partial charge in [-0.2, -0.15) is 0 Å². The van der Waals surface area contributed by atoms with Crippen LogP contribution in [-0.4, -0.2) is 29.5 Å². The maximum absolute atomic E-state index is 5.88. The lowest BCUT2D eigenvalue weighted by molar-refractivity contribution is 0.231. The van der Waals surface area contributed by atoms with Gasteiger partial charge in [-0.25, -0.2) is 0 Å². The summed E-state index contributed by atoms with van der Waals surface area (Å²) in [6, 6.07) is 8.56. The summed E-state index contributed by atoms with van der Waals surface area (Å²) in [4.78, 5) is 5.77. The van der Waals surface area contributed by atoms with Crippen molar-refractivity contribution in [1.82, 2.24) is 9.88 Å². The van der Waals surface area contributed by atoms with Crippen LogP contribution < -0.4 is 0 Å². The number of aromatic amines is 1. The second-order valence-electron chi connectivity index (χ2n) is 5.36. The highest BCUT2D eigenvalue weighted by atomic mass is 35.5. The first-order valence-corrected chi connectivity index (χ1v) is 7.23. The molecule has 0 saturated carbocycles. The van der Waals surface area contributed by atoms with Gasteiger partial charge >= 0.3 is 0 Å². The van der Waals surface area contributed by atoms with Crippen molar-refractivity contribution < 1.29 is 0 Å². The molecule has 0 aliphatic carbocycles. The molecule has 0 unspecified atom stereocenters. The molecule has 2 nitrogen and oxygen atoms in total. The van der Waals surface area contributed by atoms with Crippen molar-refractivity contribution in [1.29, 1.82) is 0 Å². The molecule has 1 N–H and O–H groups in total. The van der Waals surface area contributed by atoms with E-state index in [0.717, 1.165) is 24.7 Å². The fraction of sp³-hybridized carbons (Fsp3) is 0.375. The fourth-order valence-corrected chi connectivity index (χ4v) is 3.25. The standard InChI is InChI=1S/C16H19ClN2/c1-12(17)11-19-8-6-13(7-9-19)15-10-18-16-5-3-2-4-14(15)16/h2-5,10,13,18H,1,6-9,11H2. The van der Waals surface area contributed by atoms with Crippen molar-refractivity contribution in [3.05, 3.63) is 47.6 Å². The highest BCUT2D eigenvalue weighted by Crippen LogP contribution is 2.33. The fourth-order valence-electron chi connectivity index (χ4n) is 3.08. The van der Waals surface area contributed by atoms with Crippen molar-refractivity contribution in [3.63, 3.8) is 0 Å². The lowest BCUT2D eigenvalue weighted by Crippen LogP contribution is -2.33. The Bertz CT molecular complexity index is 579. The number of halogens is 1. The number of aromatic nitrogens is 1. The van der Waals surface area contributed by atoms with Gasteiger partial charge < -0.3 is 4.98 Å². The van der Waals surface area contributed by atoms with Gasteiger partial charge in [-0.05, 0) is 43.5 Å².